The molecule has 0 fully saturated rings. The van der Waals surface area contributed by atoms with Crippen LogP contribution in [-0.2, 0) is 16.1 Å². The Kier molecular flexibility index (Phi) is 4.63. The second-order valence-electron chi connectivity index (χ2n) is 5.25. The molecule has 0 saturated carbocycles. The number of carbonyl (C=O) groups excluding carboxylic acids is 1. The van der Waals surface area contributed by atoms with Gasteiger partial charge in [0.05, 0.1) is 27.0 Å². The molecule has 126 valence electrons. The molecule has 2 aromatic heterocycles. The molecule has 0 aliphatic heterocycles. The molecule has 1 amide bonds. The van der Waals surface area contributed by atoms with Gasteiger partial charge in [-0.05, 0) is 30.3 Å². The predicted molar refractivity (Wildman–Crippen MR) is 103 cm³/mol. The number of aromatic nitrogens is 2. The van der Waals surface area contributed by atoms with Crippen LogP contribution in [0.25, 0.3) is 20.4 Å². The number of para-hydroxylation sites is 1. The Morgan fingerprint density at radius 3 is 2.80 bits per heavy atom. The molecule has 1 N–H and O–H groups in total. The van der Waals surface area contributed by atoms with Gasteiger partial charge in [0.1, 0.15) is 11.6 Å². The van der Waals surface area contributed by atoms with Crippen LogP contribution >= 0.6 is 34.3 Å². The molecular formula is C17H12ClN3O2S2. The van der Waals surface area contributed by atoms with Crippen LogP contribution in [-0.4, -0.2) is 22.5 Å². The number of nitrogens with zero attached hydrogens (tertiary/aromatic N) is 2. The molecule has 4 aromatic rings. The second kappa shape index (κ2) is 7.05. The fraction of sp³-hybridized carbons (Fsp3) is 0.118. The zero-order valence-corrected chi connectivity index (χ0v) is 15.2. The lowest BCUT2D eigenvalue weighted by Gasteiger charge is -2.01. The third-order valence-electron chi connectivity index (χ3n) is 3.39. The first-order chi connectivity index (χ1) is 12.2. The average molecular weight is 390 g/mol. The number of fused-ring (bicyclic) bond motifs is 2. The first-order valence-electron chi connectivity index (χ1n) is 7.45. The number of amides is 1. The normalized spacial score (nSPS) is 11.2. The van der Waals surface area contributed by atoms with Crippen molar-refractivity contribution in [3.63, 3.8) is 0 Å². The Hall–Kier alpha value is -2.06. The third kappa shape index (κ3) is 3.80. The number of thiazole rings is 2. The fourth-order valence-electron chi connectivity index (χ4n) is 2.32. The highest BCUT2D eigenvalue weighted by Gasteiger charge is 2.09. The number of rotatable bonds is 5. The lowest BCUT2D eigenvalue weighted by atomic mass is 10.3. The van der Waals surface area contributed by atoms with E-state index in [-0.39, 0.29) is 12.5 Å². The van der Waals surface area contributed by atoms with Crippen molar-refractivity contribution in [3.05, 3.63) is 52.5 Å². The quantitative estimate of drug-likeness (QED) is 0.536. The summed E-state index contributed by atoms with van der Waals surface area (Å²) in [5, 5.41) is 4.78. The number of benzene rings is 2. The monoisotopic (exact) mass is 389 g/mol. The topological polar surface area (TPSA) is 64.1 Å². The van der Waals surface area contributed by atoms with Crippen molar-refractivity contribution < 1.29 is 9.53 Å². The summed E-state index contributed by atoms with van der Waals surface area (Å²) in [4.78, 5) is 20.8. The molecule has 0 spiro atoms. The zero-order chi connectivity index (χ0) is 17.2. The maximum Gasteiger partial charge on any atom is 0.252 e. The molecule has 0 radical (unpaired) electrons. The summed E-state index contributed by atoms with van der Waals surface area (Å²) in [5.74, 6) is -0.244. The average Bonchev–Trinajstić information content (AvgIpc) is 3.17. The summed E-state index contributed by atoms with van der Waals surface area (Å²) >= 11 is 8.90. The summed E-state index contributed by atoms with van der Waals surface area (Å²) < 4.78 is 7.51. The van der Waals surface area contributed by atoms with Crippen LogP contribution in [0.1, 0.15) is 5.01 Å². The molecule has 0 unspecified atom stereocenters. The number of nitrogens with one attached hydrogen (secondary N) is 1. The van der Waals surface area contributed by atoms with Gasteiger partial charge in [0.15, 0.2) is 5.13 Å². The van der Waals surface area contributed by atoms with Crippen LogP contribution in [0.15, 0.2) is 42.5 Å². The van der Waals surface area contributed by atoms with Crippen molar-refractivity contribution in [2.75, 3.05) is 11.9 Å². The van der Waals surface area contributed by atoms with E-state index in [2.05, 4.69) is 15.3 Å². The van der Waals surface area contributed by atoms with E-state index in [1.807, 2.05) is 36.4 Å². The van der Waals surface area contributed by atoms with Crippen molar-refractivity contribution in [1.82, 2.24) is 9.97 Å². The van der Waals surface area contributed by atoms with Gasteiger partial charge in [-0.2, -0.15) is 0 Å². The highest BCUT2D eigenvalue weighted by atomic mass is 35.5. The first kappa shape index (κ1) is 16.4. The third-order valence-corrected chi connectivity index (χ3v) is 5.57. The van der Waals surface area contributed by atoms with Crippen LogP contribution in [0.2, 0.25) is 5.02 Å². The molecule has 4 rings (SSSR count). The predicted octanol–water partition coefficient (Wildman–Crippen LogP) is 4.71. The molecular weight excluding hydrogens is 378 g/mol. The minimum absolute atomic E-state index is 0.0490. The molecule has 2 aromatic carbocycles. The van der Waals surface area contributed by atoms with Gasteiger partial charge in [0.25, 0.3) is 5.91 Å². The molecule has 0 aliphatic rings. The molecule has 2 heterocycles. The van der Waals surface area contributed by atoms with Gasteiger partial charge >= 0.3 is 0 Å². The lowest BCUT2D eigenvalue weighted by molar-refractivity contribution is -0.121. The number of anilines is 1. The molecule has 5 nitrogen and oxygen atoms in total. The molecule has 0 saturated heterocycles. The van der Waals surface area contributed by atoms with E-state index >= 15 is 0 Å². The summed E-state index contributed by atoms with van der Waals surface area (Å²) in [6.45, 7) is 0.259. The number of hydrogen-bond acceptors (Lipinski definition) is 6. The van der Waals surface area contributed by atoms with E-state index in [0.717, 1.165) is 25.4 Å². The largest absolute Gasteiger partial charge is 0.364 e. The smallest absolute Gasteiger partial charge is 0.252 e. The molecule has 0 aliphatic carbocycles. The first-order valence-corrected chi connectivity index (χ1v) is 9.46. The van der Waals surface area contributed by atoms with Crippen LogP contribution in [0, 0.1) is 0 Å². The van der Waals surface area contributed by atoms with E-state index in [0.29, 0.717) is 16.8 Å². The van der Waals surface area contributed by atoms with Crippen LogP contribution in [0.5, 0.6) is 0 Å². The van der Waals surface area contributed by atoms with E-state index in [1.54, 1.807) is 17.4 Å². The molecule has 0 bridgehead atoms. The maximum absolute atomic E-state index is 12.0. The van der Waals surface area contributed by atoms with E-state index in [4.69, 9.17) is 16.3 Å². The molecule has 25 heavy (non-hydrogen) atoms. The Morgan fingerprint density at radius 1 is 1.08 bits per heavy atom. The van der Waals surface area contributed by atoms with Gasteiger partial charge in [0, 0.05) is 5.02 Å². The van der Waals surface area contributed by atoms with Crippen molar-refractivity contribution in [3.8, 4) is 0 Å². The number of halogens is 1. The number of ether oxygens (including phenoxy) is 1. The highest BCUT2D eigenvalue weighted by Crippen LogP contribution is 2.28. The van der Waals surface area contributed by atoms with Crippen LogP contribution in [0.3, 0.4) is 0 Å². The van der Waals surface area contributed by atoms with Gasteiger partial charge < -0.3 is 4.74 Å². The Balaban J connectivity index is 1.33. The summed E-state index contributed by atoms with van der Waals surface area (Å²) in [5.41, 5.74) is 1.75. The van der Waals surface area contributed by atoms with Gasteiger partial charge in [-0.1, -0.05) is 35.1 Å². The van der Waals surface area contributed by atoms with Crippen molar-refractivity contribution in [2.45, 2.75) is 6.61 Å². The maximum atomic E-state index is 12.0. The standard InChI is InChI=1S/C17H12ClN3O2S2/c18-10-5-6-12-14(7-10)25-17(20-12)21-15(22)8-23-9-16-19-11-3-1-2-4-13(11)24-16/h1-7H,8-9H2,(H,20,21,22). The van der Waals surface area contributed by atoms with E-state index < -0.39 is 0 Å². The Morgan fingerprint density at radius 2 is 1.92 bits per heavy atom. The van der Waals surface area contributed by atoms with E-state index in [9.17, 15) is 4.79 Å². The van der Waals surface area contributed by atoms with Crippen LogP contribution in [0.4, 0.5) is 5.13 Å². The molecule has 0 atom stereocenters. The fourth-order valence-corrected chi connectivity index (χ4v) is 4.38. The highest BCUT2D eigenvalue weighted by molar-refractivity contribution is 7.22. The second-order valence-corrected chi connectivity index (χ2v) is 7.83. The van der Waals surface area contributed by atoms with Gasteiger partial charge in [-0.15, -0.1) is 11.3 Å². The lowest BCUT2D eigenvalue weighted by Crippen LogP contribution is -2.18. The number of carbonyl (C=O) groups is 1. The Bertz CT molecular complexity index is 1030. The molecule has 8 heteroatoms. The van der Waals surface area contributed by atoms with E-state index in [1.165, 1.54) is 11.3 Å². The summed E-state index contributed by atoms with van der Waals surface area (Å²) in [6.07, 6.45) is 0. The minimum atomic E-state index is -0.244. The van der Waals surface area contributed by atoms with Crippen molar-refractivity contribution in [2.24, 2.45) is 0 Å². The zero-order valence-electron chi connectivity index (χ0n) is 12.9. The van der Waals surface area contributed by atoms with Crippen molar-refractivity contribution >= 4 is 65.7 Å². The van der Waals surface area contributed by atoms with Crippen molar-refractivity contribution in [1.29, 1.82) is 0 Å². The summed E-state index contributed by atoms with van der Waals surface area (Å²) in [7, 11) is 0. The Labute approximate surface area is 156 Å². The van der Waals surface area contributed by atoms with Gasteiger partial charge in [-0.25, -0.2) is 9.97 Å². The van der Waals surface area contributed by atoms with Gasteiger partial charge in [0.2, 0.25) is 0 Å². The van der Waals surface area contributed by atoms with Gasteiger partial charge in [-0.3, -0.25) is 10.1 Å². The number of hydrogen-bond donors (Lipinski definition) is 1. The SMILES string of the molecule is O=C(COCc1nc2ccccc2s1)Nc1nc2ccc(Cl)cc2s1. The minimum Gasteiger partial charge on any atom is -0.364 e. The summed E-state index contributed by atoms with van der Waals surface area (Å²) in [6, 6.07) is 13.3. The van der Waals surface area contributed by atoms with Crippen LogP contribution < -0.4 is 5.32 Å².